The Balaban J connectivity index is 1.51. The van der Waals surface area contributed by atoms with Crippen LogP contribution < -0.4 is 10.2 Å². The minimum Gasteiger partial charge on any atom is -0.489 e. The zero-order valence-corrected chi connectivity index (χ0v) is 14.5. The first kappa shape index (κ1) is 17.1. The van der Waals surface area contributed by atoms with Crippen LogP contribution in [0.3, 0.4) is 0 Å². The van der Waals surface area contributed by atoms with Gasteiger partial charge in [0, 0.05) is 5.02 Å². The molecule has 0 unspecified atom stereocenters. The third-order valence-corrected chi connectivity index (χ3v) is 3.86. The molecule has 0 fully saturated rings. The highest BCUT2D eigenvalue weighted by atomic mass is 35.5. The van der Waals surface area contributed by atoms with Gasteiger partial charge < -0.3 is 10.2 Å². The molecule has 0 saturated carbocycles. The molecule has 0 atom stereocenters. The summed E-state index contributed by atoms with van der Waals surface area (Å²) >= 11 is 5.87. The van der Waals surface area contributed by atoms with Gasteiger partial charge in [0.15, 0.2) is 0 Å². The zero-order valence-electron chi connectivity index (χ0n) is 13.7. The van der Waals surface area contributed by atoms with Gasteiger partial charge in [0.1, 0.15) is 12.4 Å². The second-order valence-corrected chi connectivity index (χ2v) is 6.00. The van der Waals surface area contributed by atoms with Gasteiger partial charge in [0.25, 0.3) is 0 Å². The molecule has 4 heteroatoms. The quantitative estimate of drug-likeness (QED) is 0.478. The molecule has 0 spiro atoms. The molecule has 0 aromatic heterocycles. The summed E-state index contributed by atoms with van der Waals surface area (Å²) in [5.74, 6) is 0.825. The number of hydrogen-bond acceptors (Lipinski definition) is 3. The van der Waals surface area contributed by atoms with Crippen molar-refractivity contribution in [3.05, 3.63) is 101 Å². The molecule has 0 aliphatic rings. The van der Waals surface area contributed by atoms with Gasteiger partial charge in [-0.3, -0.25) is 0 Å². The maximum absolute atomic E-state index is 5.87. The third kappa shape index (κ3) is 5.66. The normalized spacial score (nSPS) is 10.8. The Kier molecular flexibility index (Phi) is 6.07. The number of benzene rings is 3. The Morgan fingerprint density at radius 1 is 0.880 bits per heavy atom. The van der Waals surface area contributed by atoms with Gasteiger partial charge in [-0.2, -0.15) is 5.10 Å². The van der Waals surface area contributed by atoms with Gasteiger partial charge in [-0.1, -0.05) is 66.2 Å². The topological polar surface area (TPSA) is 33.6 Å². The van der Waals surface area contributed by atoms with E-state index < -0.39 is 0 Å². The fourth-order valence-corrected chi connectivity index (χ4v) is 2.41. The van der Waals surface area contributed by atoms with E-state index in [1.54, 1.807) is 6.21 Å². The SMILES string of the molecule is Clc1ccc(CN/N=C\c2cccc(OCc3ccccc3)c2)cc1. The minimum atomic E-state index is 0.552. The summed E-state index contributed by atoms with van der Waals surface area (Å²) in [5, 5.41) is 4.99. The third-order valence-electron chi connectivity index (χ3n) is 3.61. The Morgan fingerprint density at radius 2 is 1.68 bits per heavy atom. The molecule has 0 aliphatic heterocycles. The van der Waals surface area contributed by atoms with E-state index in [1.165, 1.54) is 0 Å². The van der Waals surface area contributed by atoms with Crippen LogP contribution in [-0.4, -0.2) is 6.21 Å². The Hall–Kier alpha value is -2.78. The average Bonchev–Trinajstić information content (AvgIpc) is 2.66. The van der Waals surface area contributed by atoms with Gasteiger partial charge in [-0.25, -0.2) is 0 Å². The van der Waals surface area contributed by atoms with Crippen LogP contribution in [0.15, 0.2) is 84.0 Å². The van der Waals surface area contributed by atoms with Crippen molar-refractivity contribution < 1.29 is 4.74 Å². The summed E-state index contributed by atoms with van der Waals surface area (Å²) in [5.41, 5.74) is 6.28. The fourth-order valence-electron chi connectivity index (χ4n) is 2.28. The van der Waals surface area contributed by atoms with E-state index in [9.17, 15) is 0 Å². The maximum atomic E-state index is 5.87. The number of halogens is 1. The van der Waals surface area contributed by atoms with Crippen LogP contribution in [0.2, 0.25) is 5.02 Å². The van der Waals surface area contributed by atoms with Crippen molar-refractivity contribution in [2.24, 2.45) is 5.10 Å². The lowest BCUT2D eigenvalue weighted by molar-refractivity contribution is 0.306. The molecule has 0 amide bonds. The number of nitrogens with zero attached hydrogens (tertiary/aromatic N) is 1. The van der Waals surface area contributed by atoms with E-state index in [0.717, 1.165) is 27.5 Å². The molecule has 0 saturated heterocycles. The first-order valence-electron chi connectivity index (χ1n) is 8.07. The van der Waals surface area contributed by atoms with Crippen molar-refractivity contribution in [3.8, 4) is 5.75 Å². The van der Waals surface area contributed by atoms with Crippen molar-refractivity contribution in [3.63, 3.8) is 0 Å². The van der Waals surface area contributed by atoms with Gasteiger partial charge in [0.2, 0.25) is 0 Å². The minimum absolute atomic E-state index is 0.552. The Labute approximate surface area is 152 Å². The molecule has 3 nitrogen and oxygen atoms in total. The number of rotatable bonds is 7. The molecule has 0 bridgehead atoms. The molecule has 3 aromatic rings. The van der Waals surface area contributed by atoms with Crippen LogP contribution in [0.25, 0.3) is 0 Å². The summed E-state index contributed by atoms with van der Waals surface area (Å²) in [7, 11) is 0. The lowest BCUT2D eigenvalue weighted by Crippen LogP contribution is -2.05. The summed E-state index contributed by atoms with van der Waals surface area (Å²) in [6.07, 6.45) is 1.78. The van der Waals surface area contributed by atoms with Crippen LogP contribution in [0.5, 0.6) is 5.75 Å². The van der Waals surface area contributed by atoms with E-state index in [0.29, 0.717) is 13.2 Å². The van der Waals surface area contributed by atoms with Crippen molar-refractivity contribution in [2.75, 3.05) is 0 Å². The molecule has 3 aromatic carbocycles. The predicted molar refractivity (Wildman–Crippen MR) is 103 cm³/mol. The van der Waals surface area contributed by atoms with E-state index in [2.05, 4.69) is 10.5 Å². The molecular weight excluding hydrogens is 332 g/mol. The first-order chi connectivity index (χ1) is 12.3. The van der Waals surface area contributed by atoms with Crippen LogP contribution in [0, 0.1) is 0 Å². The monoisotopic (exact) mass is 350 g/mol. The Bertz CT molecular complexity index is 817. The molecule has 3 rings (SSSR count). The van der Waals surface area contributed by atoms with Crippen molar-refractivity contribution in [2.45, 2.75) is 13.2 Å². The number of hydrazone groups is 1. The highest BCUT2D eigenvalue weighted by Crippen LogP contribution is 2.14. The number of nitrogens with one attached hydrogen (secondary N) is 1. The molecule has 126 valence electrons. The van der Waals surface area contributed by atoms with Crippen LogP contribution in [0.1, 0.15) is 16.7 Å². The van der Waals surface area contributed by atoms with Gasteiger partial charge in [-0.05, 0) is 41.0 Å². The summed E-state index contributed by atoms with van der Waals surface area (Å²) in [4.78, 5) is 0. The smallest absolute Gasteiger partial charge is 0.120 e. The zero-order chi connectivity index (χ0) is 17.3. The standard InChI is InChI=1S/C21H19ClN2O/c22-20-11-9-17(10-12-20)14-23-24-15-19-7-4-8-21(13-19)25-16-18-5-2-1-3-6-18/h1-13,15,23H,14,16H2/b24-15-. The van der Waals surface area contributed by atoms with Crippen molar-refractivity contribution in [1.82, 2.24) is 5.43 Å². The largest absolute Gasteiger partial charge is 0.489 e. The fraction of sp³-hybridized carbons (Fsp3) is 0.0952. The van der Waals surface area contributed by atoms with Crippen LogP contribution >= 0.6 is 11.6 Å². The van der Waals surface area contributed by atoms with E-state index in [4.69, 9.17) is 16.3 Å². The second-order valence-electron chi connectivity index (χ2n) is 5.57. The lowest BCUT2D eigenvalue weighted by Gasteiger charge is -2.07. The molecule has 0 aliphatic carbocycles. The molecule has 1 N–H and O–H groups in total. The van der Waals surface area contributed by atoms with Gasteiger partial charge >= 0.3 is 0 Å². The predicted octanol–water partition coefficient (Wildman–Crippen LogP) is 5.04. The highest BCUT2D eigenvalue weighted by Gasteiger charge is 1.97. The van der Waals surface area contributed by atoms with Gasteiger partial charge in [0.05, 0.1) is 12.8 Å². The number of ether oxygens (including phenoxy) is 1. The number of hydrogen-bond donors (Lipinski definition) is 1. The summed E-state index contributed by atoms with van der Waals surface area (Å²) < 4.78 is 5.82. The molecule has 0 heterocycles. The van der Waals surface area contributed by atoms with E-state index in [1.807, 2.05) is 78.9 Å². The van der Waals surface area contributed by atoms with Crippen LogP contribution in [0.4, 0.5) is 0 Å². The maximum Gasteiger partial charge on any atom is 0.120 e. The summed E-state index contributed by atoms with van der Waals surface area (Å²) in [6.45, 7) is 1.20. The summed E-state index contributed by atoms with van der Waals surface area (Å²) in [6, 6.07) is 25.7. The molecular formula is C21H19ClN2O. The molecule has 0 radical (unpaired) electrons. The highest BCUT2D eigenvalue weighted by molar-refractivity contribution is 6.30. The van der Waals surface area contributed by atoms with Gasteiger partial charge in [-0.15, -0.1) is 0 Å². The average molecular weight is 351 g/mol. The van der Waals surface area contributed by atoms with Crippen LogP contribution in [-0.2, 0) is 13.2 Å². The lowest BCUT2D eigenvalue weighted by atomic mass is 10.2. The van der Waals surface area contributed by atoms with Crippen molar-refractivity contribution in [1.29, 1.82) is 0 Å². The van der Waals surface area contributed by atoms with Crippen molar-refractivity contribution >= 4 is 17.8 Å². The Morgan fingerprint density at radius 3 is 2.48 bits per heavy atom. The van der Waals surface area contributed by atoms with E-state index in [-0.39, 0.29) is 0 Å². The first-order valence-corrected chi connectivity index (χ1v) is 8.44. The molecule has 25 heavy (non-hydrogen) atoms. The second kappa shape index (κ2) is 8.90. The van der Waals surface area contributed by atoms with E-state index >= 15 is 0 Å².